The van der Waals surface area contributed by atoms with Gasteiger partial charge in [-0.15, -0.1) is 0 Å². The third-order valence-electron chi connectivity index (χ3n) is 4.29. The Labute approximate surface area is 132 Å². The van der Waals surface area contributed by atoms with Gasteiger partial charge in [0.15, 0.2) is 0 Å². The first-order chi connectivity index (χ1) is 10.5. The third kappa shape index (κ3) is 4.58. The number of hydrogen-bond acceptors (Lipinski definition) is 4. The zero-order chi connectivity index (χ0) is 17.9. The fourth-order valence-electron chi connectivity index (χ4n) is 2.56. The molecule has 130 valence electrons. The minimum Gasteiger partial charge on any atom is -0.475 e. The molecule has 5 atom stereocenters. The molecular formula is C14H20F3N3O3. The number of rotatable bonds is 3. The van der Waals surface area contributed by atoms with Crippen molar-refractivity contribution >= 4 is 11.9 Å². The lowest BCUT2D eigenvalue weighted by Gasteiger charge is -2.28. The number of carboxylic acid groups (broad SMARTS) is 1. The molecule has 1 saturated carbocycles. The molecule has 3 N–H and O–H groups in total. The number of carbonyl (C=O) groups excluding carboxylic acids is 1. The molecule has 1 aliphatic heterocycles. The maximum absolute atomic E-state index is 12.2. The zero-order valence-corrected chi connectivity index (χ0v) is 12.9. The number of halogens is 3. The van der Waals surface area contributed by atoms with Gasteiger partial charge in [0.05, 0.1) is 12.1 Å². The van der Waals surface area contributed by atoms with Gasteiger partial charge in [-0.3, -0.25) is 4.79 Å². The van der Waals surface area contributed by atoms with Crippen LogP contribution in [0.2, 0.25) is 0 Å². The number of aliphatic carboxylic acids is 1. The predicted octanol–water partition coefficient (Wildman–Crippen LogP) is 1.51. The molecule has 6 nitrogen and oxygen atoms in total. The van der Waals surface area contributed by atoms with Crippen molar-refractivity contribution in [3.8, 4) is 6.07 Å². The number of likely N-dealkylation sites (tertiary alicyclic amines) is 1. The molecule has 2 unspecified atom stereocenters. The van der Waals surface area contributed by atoms with Gasteiger partial charge in [-0.25, -0.2) is 4.79 Å². The molecule has 1 saturated heterocycles. The van der Waals surface area contributed by atoms with E-state index in [0.717, 1.165) is 19.3 Å². The zero-order valence-electron chi connectivity index (χ0n) is 12.9. The Kier molecular flexibility index (Phi) is 5.99. The van der Waals surface area contributed by atoms with Crippen molar-refractivity contribution in [1.29, 1.82) is 5.26 Å². The first kappa shape index (κ1) is 19.2. The van der Waals surface area contributed by atoms with E-state index in [1.54, 1.807) is 4.90 Å². The second kappa shape index (κ2) is 7.17. The maximum Gasteiger partial charge on any atom is 0.490 e. The van der Waals surface area contributed by atoms with E-state index >= 15 is 0 Å². The topological polar surface area (TPSA) is 107 Å². The number of piperidine rings is 1. The number of amides is 1. The van der Waals surface area contributed by atoms with Crippen LogP contribution in [0.5, 0.6) is 0 Å². The summed E-state index contributed by atoms with van der Waals surface area (Å²) in [4.78, 5) is 22.8. The Bertz CT molecular complexity index is 504. The molecule has 1 amide bonds. The molecule has 2 rings (SSSR count). The van der Waals surface area contributed by atoms with Crippen molar-refractivity contribution in [1.82, 2.24) is 4.90 Å². The summed E-state index contributed by atoms with van der Waals surface area (Å²) in [5, 5.41) is 16.1. The van der Waals surface area contributed by atoms with Crippen molar-refractivity contribution in [2.24, 2.45) is 17.6 Å². The minimum atomic E-state index is -5.08. The van der Waals surface area contributed by atoms with Crippen molar-refractivity contribution in [2.75, 3.05) is 0 Å². The predicted molar refractivity (Wildman–Crippen MR) is 73.9 cm³/mol. The molecule has 0 spiro atoms. The van der Waals surface area contributed by atoms with Gasteiger partial charge in [-0.05, 0) is 24.7 Å². The van der Waals surface area contributed by atoms with Crippen molar-refractivity contribution < 1.29 is 27.9 Å². The van der Waals surface area contributed by atoms with E-state index in [4.69, 9.17) is 20.9 Å². The Balaban J connectivity index is 0.000000322. The number of alkyl halides is 3. The van der Waals surface area contributed by atoms with E-state index in [-0.39, 0.29) is 17.9 Å². The van der Waals surface area contributed by atoms with E-state index in [1.165, 1.54) is 0 Å². The van der Waals surface area contributed by atoms with Crippen molar-refractivity contribution in [2.45, 2.75) is 57.4 Å². The monoisotopic (exact) mass is 335 g/mol. The van der Waals surface area contributed by atoms with Crippen LogP contribution >= 0.6 is 0 Å². The van der Waals surface area contributed by atoms with Gasteiger partial charge in [0.1, 0.15) is 6.04 Å². The Hall–Kier alpha value is -1.82. The number of carboxylic acids is 1. The van der Waals surface area contributed by atoms with Gasteiger partial charge in [0.25, 0.3) is 0 Å². The van der Waals surface area contributed by atoms with Crippen molar-refractivity contribution in [3.63, 3.8) is 0 Å². The van der Waals surface area contributed by atoms with E-state index in [2.05, 4.69) is 6.07 Å². The fraction of sp³-hybridized carbons (Fsp3) is 0.786. The highest BCUT2D eigenvalue weighted by molar-refractivity contribution is 5.83. The van der Waals surface area contributed by atoms with Crippen LogP contribution in [0.1, 0.15) is 33.1 Å². The highest BCUT2D eigenvalue weighted by atomic mass is 19.4. The summed E-state index contributed by atoms with van der Waals surface area (Å²) in [5.74, 6) is -2.03. The lowest BCUT2D eigenvalue weighted by Crippen LogP contribution is -2.49. The van der Waals surface area contributed by atoms with Crippen LogP contribution in [0.25, 0.3) is 0 Å². The van der Waals surface area contributed by atoms with Crippen LogP contribution < -0.4 is 5.73 Å². The van der Waals surface area contributed by atoms with Crippen LogP contribution in [0.4, 0.5) is 13.2 Å². The molecule has 0 aromatic carbocycles. The number of nitriles is 1. The van der Waals surface area contributed by atoms with Gasteiger partial charge < -0.3 is 15.7 Å². The molecular weight excluding hydrogens is 315 g/mol. The Morgan fingerprint density at radius 2 is 1.96 bits per heavy atom. The molecule has 0 bridgehead atoms. The fourth-order valence-corrected chi connectivity index (χ4v) is 2.56. The van der Waals surface area contributed by atoms with Gasteiger partial charge in [0, 0.05) is 6.04 Å². The van der Waals surface area contributed by atoms with Crippen molar-refractivity contribution in [3.05, 3.63) is 0 Å². The Morgan fingerprint density at radius 3 is 2.35 bits per heavy atom. The van der Waals surface area contributed by atoms with Gasteiger partial charge in [-0.2, -0.15) is 18.4 Å². The van der Waals surface area contributed by atoms with Crippen LogP contribution in [0.15, 0.2) is 0 Å². The lowest BCUT2D eigenvalue weighted by molar-refractivity contribution is -0.192. The number of fused-ring (bicyclic) bond motifs is 1. The second-order valence-corrected chi connectivity index (χ2v) is 5.90. The molecule has 1 aliphatic carbocycles. The summed E-state index contributed by atoms with van der Waals surface area (Å²) >= 11 is 0. The van der Waals surface area contributed by atoms with Gasteiger partial charge in [-0.1, -0.05) is 20.3 Å². The largest absolute Gasteiger partial charge is 0.490 e. The standard InChI is InChI=1S/C12H19N3O.C2HF3O2/c1-3-7(2)11(14)12(16)15-9(6-13)4-8-5-10(8)15;3-2(4,5)1(6)7/h7-11H,3-5,14H2,1-2H3;(H,6,7)/t7?,8-,9?,10+,11+;/m1./s1. The average Bonchev–Trinajstić information content (AvgIpc) is 3.15. The summed E-state index contributed by atoms with van der Waals surface area (Å²) in [7, 11) is 0. The molecule has 0 aromatic heterocycles. The summed E-state index contributed by atoms with van der Waals surface area (Å²) < 4.78 is 31.7. The SMILES string of the molecule is CCC(C)[C@H](N)C(=O)N1C(C#N)C[C@@H]2C[C@@H]21.O=C(O)C(F)(F)F. The lowest BCUT2D eigenvalue weighted by atomic mass is 9.98. The minimum absolute atomic E-state index is 0.0223. The molecule has 0 radical (unpaired) electrons. The number of nitrogens with zero attached hydrogens (tertiary/aromatic N) is 2. The summed E-state index contributed by atoms with van der Waals surface area (Å²) in [6.45, 7) is 4.02. The third-order valence-corrected chi connectivity index (χ3v) is 4.29. The molecule has 1 heterocycles. The first-order valence-corrected chi connectivity index (χ1v) is 7.32. The molecule has 2 fully saturated rings. The molecule has 2 aliphatic rings. The molecule has 9 heteroatoms. The quantitative estimate of drug-likeness (QED) is 0.813. The summed E-state index contributed by atoms with van der Waals surface area (Å²) in [6.07, 6.45) is -2.27. The first-order valence-electron chi connectivity index (χ1n) is 7.32. The number of carbonyl (C=O) groups is 2. The molecule has 0 aromatic rings. The number of hydrogen-bond donors (Lipinski definition) is 2. The van der Waals surface area contributed by atoms with E-state index in [9.17, 15) is 18.0 Å². The summed E-state index contributed by atoms with van der Waals surface area (Å²) in [6, 6.07) is 1.85. The number of nitrogens with two attached hydrogens (primary N) is 1. The summed E-state index contributed by atoms with van der Waals surface area (Å²) in [5.41, 5.74) is 5.95. The maximum atomic E-state index is 12.2. The second-order valence-electron chi connectivity index (χ2n) is 5.90. The highest BCUT2D eigenvalue weighted by Crippen LogP contribution is 2.47. The van der Waals surface area contributed by atoms with E-state index < -0.39 is 18.2 Å². The average molecular weight is 335 g/mol. The van der Waals surface area contributed by atoms with Gasteiger partial charge >= 0.3 is 12.1 Å². The van der Waals surface area contributed by atoms with E-state index in [0.29, 0.717) is 12.0 Å². The Morgan fingerprint density at radius 1 is 1.43 bits per heavy atom. The highest BCUT2D eigenvalue weighted by Gasteiger charge is 2.54. The van der Waals surface area contributed by atoms with E-state index in [1.807, 2.05) is 13.8 Å². The normalized spacial score (nSPS) is 27.9. The molecule has 23 heavy (non-hydrogen) atoms. The van der Waals surface area contributed by atoms with Crippen LogP contribution in [-0.2, 0) is 9.59 Å². The van der Waals surface area contributed by atoms with Crippen LogP contribution in [0, 0.1) is 23.2 Å². The smallest absolute Gasteiger partial charge is 0.475 e. The van der Waals surface area contributed by atoms with Gasteiger partial charge in [0.2, 0.25) is 5.91 Å². The van der Waals surface area contributed by atoms with Crippen LogP contribution in [0.3, 0.4) is 0 Å². The van der Waals surface area contributed by atoms with Crippen LogP contribution in [-0.4, -0.2) is 46.2 Å².